The van der Waals surface area contributed by atoms with Crippen LogP contribution in [0.15, 0.2) is 24.3 Å². The Kier molecular flexibility index (Phi) is 4.05. The van der Waals surface area contributed by atoms with Crippen molar-refractivity contribution in [2.24, 2.45) is 11.7 Å². The van der Waals surface area contributed by atoms with E-state index in [9.17, 15) is 8.42 Å². The van der Waals surface area contributed by atoms with Crippen molar-refractivity contribution in [3.63, 3.8) is 0 Å². The molecule has 2 heterocycles. The van der Waals surface area contributed by atoms with Crippen LogP contribution in [0, 0.1) is 5.92 Å². The van der Waals surface area contributed by atoms with Crippen LogP contribution in [-0.4, -0.2) is 42.7 Å². The minimum absolute atomic E-state index is 0.110. The largest absolute Gasteiger partial charge is 0.327 e. The van der Waals surface area contributed by atoms with Crippen molar-refractivity contribution in [3.05, 3.63) is 35.4 Å². The SMILES string of the molecule is CC1CN(S(=O)(=O)N2CCc3ccccc3C2)CCC1N. The Morgan fingerprint density at radius 3 is 2.57 bits per heavy atom. The van der Waals surface area contributed by atoms with Crippen molar-refractivity contribution in [2.75, 3.05) is 19.6 Å². The van der Waals surface area contributed by atoms with Crippen molar-refractivity contribution < 1.29 is 8.42 Å². The third kappa shape index (κ3) is 2.85. The monoisotopic (exact) mass is 309 g/mol. The standard InChI is InChI=1S/C15H23N3O2S/c1-12-10-17(9-7-15(12)16)21(19,20)18-8-6-13-4-2-3-5-14(13)11-18/h2-5,12,15H,6-11,16H2,1H3. The Morgan fingerprint density at radius 2 is 1.86 bits per heavy atom. The van der Waals surface area contributed by atoms with Gasteiger partial charge in [0.05, 0.1) is 0 Å². The van der Waals surface area contributed by atoms with Gasteiger partial charge in [0.1, 0.15) is 0 Å². The Bertz CT molecular complexity index is 617. The number of nitrogens with zero attached hydrogens (tertiary/aromatic N) is 2. The molecular weight excluding hydrogens is 286 g/mol. The topological polar surface area (TPSA) is 66.6 Å². The van der Waals surface area contributed by atoms with Gasteiger partial charge in [-0.1, -0.05) is 31.2 Å². The van der Waals surface area contributed by atoms with E-state index in [1.54, 1.807) is 8.61 Å². The van der Waals surface area contributed by atoms with Crippen molar-refractivity contribution in [2.45, 2.75) is 32.4 Å². The molecule has 1 aromatic carbocycles. The number of hydrogen-bond acceptors (Lipinski definition) is 3. The van der Waals surface area contributed by atoms with E-state index in [-0.39, 0.29) is 12.0 Å². The van der Waals surface area contributed by atoms with E-state index in [1.807, 2.05) is 25.1 Å². The number of hydrogen-bond donors (Lipinski definition) is 1. The average Bonchev–Trinajstić information content (AvgIpc) is 2.49. The van der Waals surface area contributed by atoms with E-state index in [2.05, 4.69) is 6.07 Å². The Hall–Kier alpha value is -0.950. The first-order valence-corrected chi connectivity index (χ1v) is 8.96. The third-order valence-corrected chi connectivity index (χ3v) is 6.63. The summed E-state index contributed by atoms with van der Waals surface area (Å²) in [5.41, 5.74) is 8.37. The normalized spacial score (nSPS) is 28.3. The zero-order valence-corrected chi connectivity index (χ0v) is 13.2. The predicted molar refractivity (Wildman–Crippen MR) is 82.8 cm³/mol. The molecular formula is C15H23N3O2S. The van der Waals surface area contributed by atoms with Crippen LogP contribution in [-0.2, 0) is 23.2 Å². The van der Waals surface area contributed by atoms with Gasteiger partial charge in [-0.2, -0.15) is 17.0 Å². The molecule has 2 aliphatic rings. The van der Waals surface area contributed by atoms with Crippen molar-refractivity contribution >= 4 is 10.2 Å². The zero-order valence-electron chi connectivity index (χ0n) is 12.4. The van der Waals surface area contributed by atoms with Crippen LogP contribution in [0.1, 0.15) is 24.5 Å². The lowest BCUT2D eigenvalue weighted by Gasteiger charge is -2.38. The van der Waals surface area contributed by atoms with E-state index in [0.717, 1.165) is 18.4 Å². The van der Waals surface area contributed by atoms with Crippen molar-refractivity contribution in [1.29, 1.82) is 0 Å². The summed E-state index contributed by atoms with van der Waals surface area (Å²) >= 11 is 0. The Morgan fingerprint density at radius 1 is 1.14 bits per heavy atom. The Labute approximate surface area is 126 Å². The second-order valence-electron chi connectivity index (χ2n) is 6.15. The highest BCUT2D eigenvalue weighted by molar-refractivity contribution is 7.86. The van der Waals surface area contributed by atoms with Crippen molar-refractivity contribution in [1.82, 2.24) is 8.61 Å². The van der Waals surface area contributed by atoms with Gasteiger partial charge in [-0.15, -0.1) is 0 Å². The zero-order chi connectivity index (χ0) is 15.0. The molecule has 2 unspecified atom stereocenters. The fourth-order valence-corrected chi connectivity index (χ4v) is 4.88. The summed E-state index contributed by atoms with van der Waals surface area (Å²) in [5.74, 6) is 0.214. The molecule has 0 spiro atoms. The maximum atomic E-state index is 12.8. The molecule has 2 N–H and O–H groups in total. The van der Waals surface area contributed by atoms with Gasteiger partial charge < -0.3 is 5.73 Å². The minimum atomic E-state index is -3.37. The number of piperidine rings is 1. The summed E-state index contributed by atoms with van der Waals surface area (Å²) in [4.78, 5) is 0. The smallest absolute Gasteiger partial charge is 0.282 e. The minimum Gasteiger partial charge on any atom is -0.327 e. The fourth-order valence-electron chi connectivity index (χ4n) is 3.17. The molecule has 0 saturated carbocycles. The number of benzene rings is 1. The molecule has 0 radical (unpaired) electrons. The number of nitrogens with two attached hydrogens (primary N) is 1. The van der Waals surface area contributed by atoms with Crippen LogP contribution in [0.25, 0.3) is 0 Å². The van der Waals surface area contributed by atoms with Gasteiger partial charge >= 0.3 is 0 Å². The second-order valence-corrected chi connectivity index (χ2v) is 8.08. The first-order chi connectivity index (χ1) is 9.98. The highest BCUT2D eigenvalue weighted by atomic mass is 32.2. The van der Waals surface area contributed by atoms with Gasteiger partial charge in [0, 0.05) is 32.2 Å². The first kappa shape index (κ1) is 15.0. The maximum Gasteiger partial charge on any atom is 0.282 e. The first-order valence-electron chi connectivity index (χ1n) is 7.56. The quantitative estimate of drug-likeness (QED) is 0.885. The van der Waals surface area contributed by atoms with Crippen LogP contribution >= 0.6 is 0 Å². The van der Waals surface area contributed by atoms with E-state index in [1.165, 1.54) is 5.56 Å². The van der Waals surface area contributed by atoms with Crippen LogP contribution in [0.5, 0.6) is 0 Å². The molecule has 2 aliphatic heterocycles. The van der Waals surface area contributed by atoms with Crippen LogP contribution in [0.4, 0.5) is 0 Å². The van der Waals surface area contributed by atoms with E-state index in [4.69, 9.17) is 5.73 Å². The van der Waals surface area contributed by atoms with E-state index in [0.29, 0.717) is 26.2 Å². The highest BCUT2D eigenvalue weighted by Gasteiger charge is 2.36. The van der Waals surface area contributed by atoms with E-state index >= 15 is 0 Å². The molecule has 3 rings (SSSR count). The summed E-state index contributed by atoms with van der Waals surface area (Å²) in [6.45, 7) is 4.14. The maximum absolute atomic E-state index is 12.8. The molecule has 0 aromatic heterocycles. The van der Waals surface area contributed by atoms with Gasteiger partial charge in [-0.25, -0.2) is 0 Å². The van der Waals surface area contributed by atoms with E-state index < -0.39 is 10.2 Å². The summed E-state index contributed by atoms with van der Waals surface area (Å²) < 4.78 is 28.8. The van der Waals surface area contributed by atoms with Crippen LogP contribution in [0.2, 0.25) is 0 Å². The molecule has 0 aliphatic carbocycles. The molecule has 0 amide bonds. The summed E-state index contributed by atoms with van der Waals surface area (Å²) in [5, 5.41) is 0. The molecule has 0 bridgehead atoms. The van der Waals surface area contributed by atoms with Gasteiger partial charge in [-0.05, 0) is 29.9 Å². The highest BCUT2D eigenvalue weighted by Crippen LogP contribution is 2.25. The molecule has 1 aromatic rings. The summed E-state index contributed by atoms with van der Waals surface area (Å²) in [6.07, 6.45) is 1.53. The number of fused-ring (bicyclic) bond motifs is 1. The van der Waals surface area contributed by atoms with Gasteiger partial charge in [0.2, 0.25) is 0 Å². The predicted octanol–water partition coefficient (Wildman–Crippen LogP) is 0.959. The second kappa shape index (κ2) is 5.68. The molecule has 1 saturated heterocycles. The number of rotatable bonds is 2. The average molecular weight is 309 g/mol. The lowest BCUT2D eigenvalue weighted by Crippen LogP contribution is -2.53. The summed E-state index contributed by atoms with van der Waals surface area (Å²) in [7, 11) is -3.37. The van der Waals surface area contributed by atoms with Gasteiger partial charge in [-0.3, -0.25) is 0 Å². The van der Waals surface area contributed by atoms with Crippen molar-refractivity contribution in [3.8, 4) is 0 Å². The molecule has 6 heteroatoms. The lowest BCUT2D eigenvalue weighted by molar-refractivity contribution is 0.230. The molecule has 21 heavy (non-hydrogen) atoms. The Balaban J connectivity index is 1.77. The lowest BCUT2D eigenvalue weighted by atomic mass is 9.96. The molecule has 1 fully saturated rings. The third-order valence-electron chi connectivity index (χ3n) is 4.68. The van der Waals surface area contributed by atoms with Crippen LogP contribution in [0.3, 0.4) is 0 Å². The van der Waals surface area contributed by atoms with Gasteiger partial charge in [0.15, 0.2) is 0 Å². The van der Waals surface area contributed by atoms with Crippen LogP contribution < -0.4 is 5.73 Å². The molecule has 5 nitrogen and oxygen atoms in total. The fraction of sp³-hybridized carbons (Fsp3) is 0.600. The molecule has 116 valence electrons. The molecule has 2 atom stereocenters. The van der Waals surface area contributed by atoms with Gasteiger partial charge in [0.25, 0.3) is 10.2 Å². The summed E-state index contributed by atoms with van der Waals surface area (Å²) in [6, 6.07) is 8.19.